The molecule has 0 aliphatic heterocycles. The fourth-order valence-corrected chi connectivity index (χ4v) is 1.34. The number of carboxylic acids is 1. The number of aliphatic carboxylic acids is 1. The van der Waals surface area contributed by atoms with Crippen LogP contribution >= 0.6 is 0 Å². The first-order valence-corrected chi connectivity index (χ1v) is 4.23. The van der Waals surface area contributed by atoms with Crippen LogP contribution in [0.5, 0.6) is 0 Å². The van der Waals surface area contributed by atoms with Crippen molar-refractivity contribution in [2.45, 2.75) is 46.2 Å². The van der Waals surface area contributed by atoms with Crippen LogP contribution < -0.4 is 0 Å². The molecule has 0 heterocycles. The van der Waals surface area contributed by atoms with Crippen LogP contribution in [-0.2, 0) is 4.79 Å². The van der Waals surface area contributed by atoms with Gasteiger partial charge in [0.2, 0.25) is 0 Å². The van der Waals surface area contributed by atoms with E-state index in [1.807, 2.05) is 39.5 Å². The molecule has 0 radical (unpaired) electrons. The summed E-state index contributed by atoms with van der Waals surface area (Å²) in [6.45, 7) is 10.2. The molecule has 0 aromatic carbocycles. The molecule has 0 saturated heterocycles. The number of hydrogen-bond acceptors (Lipinski definition) is 2. The Morgan fingerprint density at radius 2 is 1.83 bits per heavy atom. The van der Waals surface area contributed by atoms with Crippen LogP contribution in [0.15, 0.2) is 0 Å². The molecule has 0 amide bonds. The average molecular weight is 173 g/mol. The van der Waals surface area contributed by atoms with Gasteiger partial charge >= 0.3 is 5.97 Å². The van der Waals surface area contributed by atoms with Crippen molar-refractivity contribution in [3.8, 4) is 0 Å². The van der Waals surface area contributed by atoms with E-state index >= 15 is 0 Å². The van der Waals surface area contributed by atoms with Crippen LogP contribution in [-0.4, -0.2) is 34.1 Å². The van der Waals surface area contributed by atoms with E-state index in [9.17, 15) is 4.79 Å². The molecule has 0 aliphatic rings. The Hall–Kier alpha value is -0.570. The zero-order valence-electron chi connectivity index (χ0n) is 8.59. The minimum absolute atomic E-state index is 0.0768. The summed E-state index contributed by atoms with van der Waals surface area (Å²) in [7, 11) is 0. The normalized spacial score (nSPS) is 12.6. The lowest BCUT2D eigenvalue weighted by Gasteiger charge is -2.37. The maximum absolute atomic E-state index is 10.5. The lowest BCUT2D eigenvalue weighted by atomic mass is 10.0. The summed E-state index contributed by atoms with van der Waals surface area (Å²) in [6, 6.07) is 0.265. The van der Waals surface area contributed by atoms with Crippen LogP contribution in [0.25, 0.3) is 0 Å². The van der Waals surface area contributed by atoms with E-state index < -0.39 is 5.97 Å². The first-order valence-electron chi connectivity index (χ1n) is 4.23. The van der Waals surface area contributed by atoms with Crippen LogP contribution in [0, 0.1) is 0 Å². The summed E-state index contributed by atoms with van der Waals surface area (Å²) in [6.07, 6.45) is 0. The topological polar surface area (TPSA) is 40.5 Å². The van der Waals surface area contributed by atoms with Gasteiger partial charge in [-0.3, -0.25) is 9.69 Å². The van der Waals surface area contributed by atoms with Crippen molar-refractivity contribution >= 4 is 5.97 Å². The number of carbonyl (C=O) groups is 1. The van der Waals surface area contributed by atoms with Gasteiger partial charge < -0.3 is 5.11 Å². The Kier molecular flexibility index (Phi) is 3.71. The maximum Gasteiger partial charge on any atom is 0.317 e. The second-order valence-electron chi connectivity index (χ2n) is 4.29. The standard InChI is InChI=1S/C9H19NO2/c1-7(2)10(6-8(11)12)9(3,4)5/h7H,6H2,1-5H3,(H,11,12). The second-order valence-corrected chi connectivity index (χ2v) is 4.29. The fourth-order valence-electron chi connectivity index (χ4n) is 1.34. The van der Waals surface area contributed by atoms with Gasteiger partial charge in [-0.1, -0.05) is 0 Å². The van der Waals surface area contributed by atoms with Crippen LogP contribution in [0.2, 0.25) is 0 Å². The van der Waals surface area contributed by atoms with E-state index in [0.29, 0.717) is 0 Å². The summed E-state index contributed by atoms with van der Waals surface area (Å²) in [5.74, 6) is -0.765. The molecule has 0 fully saturated rings. The first-order chi connectivity index (χ1) is 5.25. The molecule has 12 heavy (non-hydrogen) atoms. The average Bonchev–Trinajstić information content (AvgIpc) is 1.79. The molecule has 0 aromatic heterocycles. The van der Waals surface area contributed by atoms with E-state index in [-0.39, 0.29) is 18.1 Å². The first kappa shape index (κ1) is 11.4. The van der Waals surface area contributed by atoms with Gasteiger partial charge in [-0.2, -0.15) is 0 Å². The summed E-state index contributed by atoms with van der Waals surface area (Å²) < 4.78 is 0. The number of nitrogens with zero attached hydrogens (tertiary/aromatic N) is 1. The van der Waals surface area contributed by atoms with Crippen molar-refractivity contribution in [2.75, 3.05) is 6.54 Å². The molecule has 0 saturated carbocycles. The predicted molar refractivity (Wildman–Crippen MR) is 49.2 cm³/mol. The summed E-state index contributed by atoms with van der Waals surface area (Å²) in [5.41, 5.74) is -0.0768. The van der Waals surface area contributed by atoms with Gasteiger partial charge in [-0.05, 0) is 34.6 Å². The molecule has 3 heteroatoms. The molecule has 0 aliphatic carbocycles. The highest BCUT2D eigenvalue weighted by atomic mass is 16.4. The zero-order valence-corrected chi connectivity index (χ0v) is 8.59. The highest BCUT2D eigenvalue weighted by Gasteiger charge is 2.25. The van der Waals surface area contributed by atoms with Crippen molar-refractivity contribution in [3.63, 3.8) is 0 Å². The van der Waals surface area contributed by atoms with Crippen LogP contribution in [0.4, 0.5) is 0 Å². The third-order valence-corrected chi connectivity index (χ3v) is 1.79. The van der Waals surface area contributed by atoms with Crippen LogP contribution in [0.1, 0.15) is 34.6 Å². The number of rotatable bonds is 3. The number of carboxylic acid groups (broad SMARTS) is 1. The van der Waals surface area contributed by atoms with E-state index in [2.05, 4.69) is 0 Å². The van der Waals surface area contributed by atoms with E-state index in [1.165, 1.54) is 0 Å². The third kappa shape index (κ3) is 3.72. The molecular formula is C9H19NO2. The monoisotopic (exact) mass is 173 g/mol. The molecule has 0 rings (SSSR count). The van der Waals surface area contributed by atoms with Gasteiger partial charge in [0.05, 0.1) is 6.54 Å². The van der Waals surface area contributed by atoms with E-state index in [0.717, 1.165) is 0 Å². The van der Waals surface area contributed by atoms with Gasteiger partial charge in [0.25, 0.3) is 0 Å². The Morgan fingerprint density at radius 1 is 1.42 bits per heavy atom. The zero-order chi connectivity index (χ0) is 9.94. The Balaban J connectivity index is 4.35. The molecule has 1 N–H and O–H groups in total. The molecule has 0 atom stereocenters. The highest BCUT2D eigenvalue weighted by molar-refractivity contribution is 5.69. The predicted octanol–water partition coefficient (Wildman–Crippen LogP) is 1.58. The maximum atomic E-state index is 10.5. The Bertz CT molecular complexity index is 158. The van der Waals surface area contributed by atoms with Crippen molar-refractivity contribution in [3.05, 3.63) is 0 Å². The van der Waals surface area contributed by atoms with Gasteiger partial charge in [0.1, 0.15) is 0 Å². The molecule has 0 unspecified atom stereocenters. The Labute approximate surface area is 74.4 Å². The minimum atomic E-state index is -0.765. The van der Waals surface area contributed by atoms with Gasteiger partial charge in [0, 0.05) is 11.6 Å². The SMILES string of the molecule is CC(C)N(CC(=O)O)C(C)(C)C. The molecule has 0 bridgehead atoms. The lowest BCUT2D eigenvalue weighted by Crippen LogP contribution is -2.48. The van der Waals surface area contributed by atoms with Crippen molar-refractivity contribution in [1.82, 2.24) is 4.90 Å². The largest absolute Gasteiger partial charge is 0.480 e. The van der Waals surface area contributed by atoms with E-state index in [4.69, 9.17) is 5.11 Å². The van der Waals surface area contributed by atoms with E-state index in [1.54, 1.807) is 0 Å². The van der Waals surface area contributed by atoms with Crippen molar-refractivity contribution in [1.29, 1.82) is 0 Å². The smallest absolute Gasteiger partial charge is 0.317 e. The van der Waals surface area contributed by atoms with Crippen molar-refractivity contribution in [2.24, 2.45) is 0 Å². The summed E-state index contributed by atoms with van der Waals surface area (Å²) >= 11 is 0. The second kappa shape index (κ2) is 3.90. The summed E-state index contributed by atoms with van der Waals surface area (Å²) in [5, 5.41) is 8.65. The van der Waals surface area contributed by atoms with Gasteiger partial charge in [-0.25, -0.2) is 0 Å². The molecule has 0 spiro atoms. The highest BCUT2D eigenvalue weighted by Crippen LogP contribution is 2.15. The minimum Gasteiger partial charge on any atom is -0.480 e. The fraction of sp³-hybridized carbons (Fsp3) is 0.889. The number of hydrogen-bond donors (Lipinski definition) is 1. The third-order valence-electron chi connectivity index (χ3n) is 1.79. The quantitative estimate of drug-likeness (QED) is 0.704. The van der Waals surface area contributed by atoms with Crippen LogP contribution in [0.3, 0.4) is 0 Å². The lowest BCUT2D eigenvalue weighted by molar-refractivity contribution is -0.140. The molecular weight excluding hydrogens is 154 g/mol. The Morgan fingerprint density at radius 3 is 1.92 bits per heavy atom. The van der Waals surface area contributed by atoms with Gasteiger partial charge in [0.15, 0.2) is 0 Å². The molecule has 0 aromatic rings. The molecule has 72 valence electrons. The van der Waals surface area contributed by atoms with Gasteiger partial charge in [-0.15, -0.1) is 0 Å². The summed E-state index contributed by atoms with van der Waals surface area (Å²) in [4.78, 5) is 12.5. The van der Waals surface area contributed by atoms with Crippen molar-refractivity contribution < 1.29 is 9.90 Å². The molecule has 3 nitrogen and oxygen atoms in total.